The summed E-state index contributed by atoms with van der Waals surface area (Å²) in [5, 5.41) is 6.75. The standard InChI is InChI=1S/C21H23NO5.CH3O/c1-11(23)25-16-6-4-13-10-15-14-5-7-17(26-12(2)24)20-21(14,8-9-22(15)3)18(13)19(16)27-20;1-2/h4-7,14-15,17,20H,8-10H2,1-3H3;2H,1H2/t14-,15+,17-,20-,21-;/m0./s1. The van der Waals surface area contributed by atoms with E-state index in [1.54, 1.807) is 0 Å². The van der Waals surface area contributed by atoms with Crippen molar-refractivity contribution in [1.82, 2.24) is 4.90 Å². The third-order valence-electron chi connectivity index (χ3n) is 6.67. The zero-order valence-electron chi connectivity index (χ0n) is 16.9. The van der Waals surface area contributed by atoms with Crippen molar-refractivity contribution in [1.29, 1.82) is 0 Å². The number of likely N-dealkylation sites (N-methyl/N-ethyl adjacent to an activating group) is 1. The topological polar surface area (TPSA) is 85.3 Å². The van der Waals surface area contributed by atoms with Crippen LogP contribution in [-0.4, -0.2) is 53.8 Å². The summed E-state index contributed by atoms with van der Waals surface area (Å²) in [6, 6.07) is 4.28. The minimum Gasteiger partial charge on any atom is -0.481 e. The van der Waals surface area contributed by atoms with Gasteiger partial charge in [-0.05, 0) is 44.1 Å². The molecule has 1 radical (unpaired) electrons. The normalized spacial score (nSPS) is 33.0. The number of rotatable bonds is 2. The third kappa shape index (κ3) is 2.79. The van der Waals surface area contributed by atoms with Crippen LogP contribution in [0.15, 0.2) is 24.3 Å². The molecule has 2 aliphatic heterocycles. The molecule has 1 fully saturated rings. The quantitative estimate of drug-likeness (QED) is 0.462. The summed E-state index contributed by atoms with van der Waals surface area (Å²) in [6.07, 6.45) is 5.31. The summed E-state index contributed by atoms with van der Waals surface area (Å²) in [5.41, 5.74) is 2.15. The predicted molar refractivity (Wildman–Crippen MR) is 104 cm³/mol. The van der Waals surface area contributed by atoms with Crippen molar-refractivity contribution in [2.24, 2.45) is 5.92 Å². The second-order valence-electron chi connectivity index (χ2n) is 8.09. The summed E-state index contributed by atoms with van der Waals surface area (Å²) >= 11 is 0. The number of carbonyl (C=O) groups excluding carboxylic acids is 2. The fraction of sp³-hybridized carbons (Fsp3) is 0.500. The Hall–Kier alpha value is -2.38. The summed E-state index contributed by atoms with van der Waals surface area (Å²) in [5.74, 6) is 0.712. The number of aliphatic hydroxyl groups is 1. The van der Waals surface area contributed by atoms with Gasteiger partial charge < -0.3 is 24.2 Å². The van der Waals surface area contributed by atoms with Gasteiger partial charge in [-0.3, -0.25) is 9.59 Å². The molecule has 5 atom stereocenters. The van der Waals surface area contributed by atoms with Crippen molar-refractivity contribution >= 4 is 11.9 Å². The summed E-state index contributed by atoms with van der Waals surface area (Å²) in [7, 11) is 4.42. The Kier molecular flexibility index (Phi) is 4.91. The van der Waals surface area contributed by atoms with E-state index >= 15 is 0 Å². The van der Waals surface area contributed by atoms with Crippen molar-refractivity contribution in [3.8, 4) is 11.5 Å². The predicted octanol–water partition coefficient (Wildman–Crippen LogP) is 2.14. The smallest absolute Gasteiger partial charge is 0.308 e. The molecular formula is C22H26NO6. The number of hydrogen-bond acceptors (Lipinski definition) is 7. The summed E-state index contributed by atoms with van der Waals surface area (Å²) in [4.78, 5) is 25.7. The van der Waals surface area contributed by atoms with Crippen LogP contribution >= 0.6 is 0 Å². The Labute approximate surface area is 170 Å². The van der Waals surface area contributed by atoms with E-state index < -0.39 is 6.10 Å². The molecule has 0 saturated carbocycles. The van der Waals surface area contributed by atoms with Crippen LogP contribution in [0, 0.1) is 13.0 Å². The van der Waals surface area contributed by atoms with E-state index in [9.17, 15) is 9.59 Å². The maximum absolute atomic E-state index is 11.7. The molecule has 7 nitrogen and oxygen atoms in total. The average molecular weight is 400 g/mol. The fourth-order valence-electron chi connectivity index (χ4n) is 5.74. The Bertz CT molecular complexity index is 880. The lowest BCUT2D eigenvalue weighted by atomic mass is 9.53. The number of carbonyl (C=O) groups is 2. The zero-order valence-corrected chi connectivity index (χ0v) is 16.9. The first-order valence-electron chi connectivity index (χ1n) is 9.80. The van der Waals surface area contributed by atoms with Crippen LogP contribution in [0.3, 0.4) is 0 Å². The molecular weight excluding hydrogens is 374 g/mol. The van der Waals surface area contributed by atoms with Gasteiger partial charge in [0.2, 0.25) is 0 Å². The van der Waals surface area contributed by atoms with Gasteiger partial charge in [0.1, 0.15) is 6.10 Å². The SMILES string of the molecule is CC(=O)Oc1ccc2c3c1O[C@H]1[C@@H](OC(C)=O)C=C[C@H]4[C@@H](C2)N(C)CC[C@@]341.[CH2]O. The van der Waals surface area contributed by atoms with Gasteiger partial charge >= 0.3 is 11.9 Å². The first-order chi connectivity index (χ1) is 13.9. The number of esters is 2. The first kappa shape index (κ1) is 19.9. The lowest BCUT2D eigenvalue weighted by molar-refractivity contribution is -0.152. The van der Waals surface area contributed by atoms with Gasteiger partial charge in [0, 0.05) is 36.8 Å². The molecule has 1 saturated heterocycles. The molecule has 0 aromatic heterocycles. The van der Waals surface area contributed by atoms with Gasteiger partial charge in [-0.25, -0.2) is 0 Å². The van der Waals surface area contributed by atoms with Gasteiger partial charge in [0.15, 0.2) is 17.6 Å². The Balaban J connectivity index is 0.000000994. The van der Waals surface area contributed by atoms with Crippen LogP contribution in [0.1, 0.15) is 31.4 Å². The van der Waals surface area contributed by atoms with E-state index in [0.717, 1.165) is 24.9 Å². The van der Waals surface area contributed by atoms with Crippen molar-refractivity contribution in [2.45, 2.75) is 50.4 Å². The van der Waals surface area contributed by atoms with Crippen molar-refractivity contribution in [3.63, 3.8) is 0 Å². The maximum Gasteiger partial charge on any atom is 0.308 e. The van der Waals surface area contributed by atoms with E-state index in [0.29, 0.717) is 17.5 Å². The highest BCUT2D eigenvalue weighted by Crippen LogP contribution is 2.62. The lowest BCUT2D eigenvalue weighted by Crippen LogP contribution is -2.65. The van der Waals surface area contributed by atoms with Gasteiger partial charge in [-0.2, -0.15) is 0 Å². The lowest BCUT2D eigenvalue weighted by Gasteiger charge is -2.56. The number of benzene rings is 1. The van der Waals surface area contributed by atoms with Crippen LogP contribution in [0.4, 0.5) is 0 Å². The van der Waals surface area contributed by atoms with Crippen molar-refractivity contribution in [2.75, 3.05) is 13.6 Å². The minimum absolute atomic E-state index is 0.245. The van der Waals surface area contributed by atoms with E-state index in [4.69, 9.17) is 19.3 Å². The summed E-state index contributed by atoms with van der Waals surface area (Å²) < 4.78 is 17.5. The third-order valence-corrected chi connectivity index (χ3v) is 6.67. The van der Waals surface area contributed by atoms with Crippen LogP contribution in [-0.2, 0) is 26.2 Å². The molecule has 2 heterocycles. The maximum atomic E-state index is 11.7. The van der Waals surface area contributed by atoms with Gasteiger partial charge in [0.05, 0.1) is 7.11 Å². The van der Waals surface area contributed by atoms with Crippen LogP contribution in [0.2, 0.25) is 0 Å². The minimum atomic E-state index is -0.439. The molecule has 1 aromatic carbocycles. The second-order valence-corrected chi connectivity index (χ2v) is 8.09. The average Bonchev–Trinajstić information content (AvgIpc) is 3.03. The number of ether oxygens (including phenoxy) is 3. The second kappa shape index (κ2) is 7.15. The Morgan fingerprint density at radius 1 is 1.24 bits per heavy atom. The highest BCUT2D eigenvalue weighted by Gasteiger charge is 2.65. The summed E-state index contributed by atoms with van der Waals surface area (Å²) in [6.45, 7) is 3.77. The number of piperidine rings is 1. The largest absolute Gasteiger partial charge is 0.481 e. The first-order valence-corrected chi connectivity index (χ1v) is 9.80. The highest BCUT2D eigenvalue weighted by atomic mass is 16.6. The highest BCUT2D eigenvalue weighted by molar-refractivity contribution is 5.73. The van der Waals surface area contributed by atoms with E-state index in [1.165, 1.54) is 19.4 Å². The Morgan fingerprint density at radius 2 is 2.00 bits per heavy atom. The van der Waals surface area contributed by atoms with Gasteiger partial charge in [-0.15, -0.1) is 0 Å². The van der Waals surface area contributed by atoms with Gasteiger partial charge in [-0.1, -0.05) is 12.1 Å². The number of nitrogens with zero attached hydrogens (tertiary/aromatic N) is 1. The molecule has 155 valence electrons. The molecule has 1 aromatic rings. The number of hydrogen-bond donors (Lipinski definition) is 1. The molecule has 29 heavy (non-hydrogen) atoms. The Morgan fingerprint density at radius 3 is 2.69 bits per heavy atom. The van der Waals surface area contributed by atoms with E-state index in [2.05, 4.69) is 31.2 Å². The van der Waals surface area contributed by atoms with Crippen LogP contribution in [0.5, 0.6) is 11.5 Å². The van der Waals surface area contributed by atoms with Crippen LogP contribution in [0.25, 0.3) is 0 Å². The molecule has 4 aliphatic rings. The molecule has 5 rings (SSSR count). The molecule has 0 unspecified atom stereocenters. The zero-order chi connectivity index (χ0) is 20.9. The van der Waals surface area contributed by atoms with Crippen LogP contribution < -0.4 is 9.47 Å². The molecule has 2 aliphatic carbocycles. The van der Waals surface area contributed by atoms with E-state index in [-0.39, 0.29) is 29.4 Å². The van der Waals surface area contributed by atoms with Crippen molar-refractivity contribution < 1.29 is 28.9 Å². The van der Waals surface area contributed by atoms with Gasteiger partial charge in [0.25, 0.3) is 0 Å². The molecule has 0 amide bonds. The molecule has 7 heteroatoms. The van der Waals surface area contributed by atoms with E-state index in [1.807, 2.05) is 12.1 Å². The fourth-order valence-corrected chi connectivity index (χ4v) is 5.74. The monoisotopic (exact) mass is 400 g/mol. The number of aliphatic hydroxyl groups excluding tert-OH is 1. The molecule has 1 spiro atoms. The number of likely N-dealkylation sites (tertiary alicyclic amines) is 1. The molecule has 1 N–H and O–H groups in total. The van der Waals surface area contributed by atoms with Crippen molar-refractivity contribution in [3.05, 3.63) is 42.5 Å². The molecule has 2 bridgehead atoms.